The Hall–Kier alpha value is -0.610. The van der Waals surface area contributed by atoms with Crippen LogP contribution in [-0.2, 0) is 9.53 Å². The molecule has 0 saturated heterocycles. The molecule has 0 rings (SSSR count). The summed E-state index contributed by atoms with van der Waals surface area (Å²) in [5, 5.41) is 16.0. The van der Waals surface area contributed by atoms with Crippen LogP contribution in [0, 0.1) is 0 Å². The Morgan fingerprint density at radius 3 is 1.60 bits per heavy atom. The van der Waals surface area contributed by atoms with Crippen molar-refractivity contribution in [1.82, 2.24) is 0 Å². The van der Waals surface area contributed by atoms with Crippen molar-refractivity contribution in [3.63, 3.8) is 0 Å². The number of hydrogen-bond acceptors (Lipinski definition) is 3. The average molecular weight is 150 g/mol. The first-order valence-corrected chi connectivity index (χ1v) is 2.76. The van der Waals surface area contributed by atoms with Crippen LogP contribution in [-0.4, -0.2) is 29.1 Å². The van der Waals surface area contributed by atoms with Gasteiger partial charge >= 0.3 is 0 Å². The van der Waals surface area contributed by atoms with Gasteiger partial charge in [-0.1, -0.05) is 0 Å². The predicted octanol–water partition coefficient (Wildman–Crippen LogP) is 0.452. The zero-order valence-corrected chi connectivity index (χ0v) is 6.71. The molecule has 2 N–H and O–H groups in total. The second-order valence-electron chi connectivity index (χ2n) is 2.17. The Morgan fingerprint density at radius 1 is 1.50 bits per heavy atom. The molecule has 62 valence electrons. The van der Waals surface area contributed by atoms with Gasteiger partial charge in [-0.15, -0.1) is 0 Å². The molecule has 0 aliphatic carbocycles. The van der Waals surface area contributed by atoms with E-state index in [0.29, 0.717) is 0 Å². The molecule has 0 aromatic heterocycles. The average Bonchev–Trinajstić information content (AvgIpc) is 1.63. The number of methoxy groups -OCH3 is 1. The number of carboxylic acid groups (broad SMARTS) is 1. The van der Waals surface area contributed by atoms with Crippen LogP contribution in [0.4, 0.5) is 0 Å². The molecule has 0 spiro atoms. The van der Waals surface area contributed by atoms with Crippen LogP contribution in [0.3, 0.4) is 0 Å². The molecular formula is C6H14O4. The Labute approximate surface area is 60.4 Å². The smallest absolute Gasteiger partial charge is 0.300 e. The highest BCUT2D eigenvalue weighted by atomic mass is 16.6. The van der Waals surface area contributed by atoms with Crippen molar-refractivity contribution in [2.45, 2.75) is 26.6 Å². The summed E-state index contributed by atoms with van der Waals surface area (Å²) in [7, 11) is 1.46. The lowest BCUT2D eigenvalue weighted by Gasteiger charge is -2.12. The van der Waals surface area contributed by atoms with Gasteiger partial charge in [0.25, 0.3) is 5.97 Å². The second kappa shape index (κ2) is 5.20. The number of hydrogen-bond donors (Lipinski definition) is 2. The summed E-state index contributed by atoms with van der Waals surface area (Å²) in [5.41, 5.74) is 0. The summed E-state index contributed by atoms with van der Waals surface area (Å²) in [6, 6.07) is 0. The maximum absolute atomic E-state index is 9.00. The van der Waals surface area contributed by atoms with Crippen molar-refractivity contribution in [3.05, 3.63) is 0 Å². The van der Waals surface area contributed by atoms with Gasteiger partial charge in [-0.2, -0.15) is 0 Å². The Morgan fingerprint density at radius 2 is 1.60 bits per heavy atom. The topological polar surface area (TPSA) is 66.8 Å². The fraction of sp³-hybridized carbons (Fsp3) is 0.833. The van der Waals surface area contributed by atoms with Crippen molar-refractivity contribution in [1.29, 1.82) is 0 Å². The number of carbonyl (C=O) groups is 1. The third-order valence-corrected chi connectivity index (χ3v) is 0.500. The van der Waals surface area contributed by atoms with E-state index in [1.165, 1.54) is 7.11 Å². The number of rotatable bonds is 1. The summed E-state index contributed by atoms with van der Waals surface area (Å²) >= 11 is 0. The number of ether oxygens (including phenoxy) is 1. The van der Waals surface area contributed by atoms with Crippen LogP contribution in [0.5, 0.6) is 0 Å². The highest BCUT2D eigenvalue weighted by Gasteiger charge is 2.06. The lowest BCUT2D eigenvalue weighted by Crippen LogP contribution is -2.20. The summed E-state index contributed by atoms with van der Waals surface area (Å²) in [4.78, 5) is 9.00. The first-order valence-electron chi connectivity index (χ1n) is 2.76. The largest absolute Gasteiger partial charge is 0.481 e. The minimum Gasteiger partial charge on any atom is -0.481 e. The monoisotopic (exact) mass is 150 g/mol. The molecule has 4 nitrogen and oxygen atoms in total. The van der Waals surface area contributed by atoms with E-state index < -0.39 is 11.8 Å². The second-order valence-corrected chi connectivity index (χ2v) is 2.17. The molecule has 0 aromatic carbocycles. The number of aliphatic carboxylic acids is 1. The lowest BCUT2D eigenvalue weighted by atomic mass is 10.4. The molecule has 0 unspecified atom stereocenters. The Balaban J connectivity index is 0. The van der Waals surface area contributed by atoms with Gasteiger partial charge in [-0.05, 0) is 13.8 Å². The Bertz CT molecular complexity index is 88.4. The third-order valence-electron chi connectivity index (χ3n) is 0.500. The molecule has 0 amide bonds. The summed E-state index contributed by atoms with van der Waals surface area (Å²) in [5.74, 6) is -1.79. The molecule has 0 atom stereocenters. The lowest BCUT2D eigenvalue weighted by molar-refractivity contribution is -0.155. The molecule has 0 heterocycles. The molecule has 0 bridgehead atoms. The predicted molar refractivity (Wildman–Crippen MR) is 36.6 cm³/mol. The van der Waals surface area contributed by atoms with Crippen LogP contribution >= 0.6 is 0 Å². The van der Waals surface area contributed by atoms with Gasteiger partial charge in [0.15, 0.2) is 5.79 Å². The molecule has 0 aliphatic heterocycles. The van der Waals surface area contributed by atoms with Crippen molar-refractivity contribution >= 4 is 5.97 Å². The normalized spacial score (nSPS) is 9.70. The number of aliphatic hydroxyl groups is 1. The standard InChI is InChI=1S/C4H10O2.C2H4O2/c1-4(2,5)6-3;1-2(3)4/h5H,1-3H3;1H3,(H,3,4). The first-order chi connectivity index (χ1) is 4.29. The minimum absolute atomic E-state index is 0.833. The molecule has 0 saturated carbocycles. The zero-order chi connectivity index (χ0) is 8.78. The SMILES string of the molecule is CC(=O)O.COC(C)(C)O. The van der Waals surface area contributed by atoms with E-state index in [4.69, 9.17) is 15.0 Å². The van der Waals surface area contributed by atoms with Crippen LogP contribution < -0.4 is 0 Å². The number of carboxylic acids is 1. The van der Waals surface area contributed by atoms with Gasteiger partial charge in [0, 0.05) is 14.0 Å². The van der Waals surface area contributed by atoms with Crippen LogP contribution in [0.15, 0.2) is 0 Å². The van der Waals surface area contributed by atoms with Gasteiger partial charge in [-0.3, -0.25) is 4.79 Å². The molecule has 0 aromatic rings. The fourth-order valence-corrected chi connectivity index (χ4v) is 0. The van der Waals surface area contributed by atoms with Crippen molar-refractivity contribution in [3.8, 4) is 0 Å². The van der Waals surface area contributed by atoms with Crippen molar-refractivity contribution in [2.24, 2.45) is 0 Å². The molecule has 0 fully saturated rings. The molecule has 0 radical (unpaired) electrons. The highest BCUT2D eigenvalue weighted by molar-refractivity contribution is 5.62. The quantitative estimate of drug-likeness (QED) is 0.532. The van der Waals surface area contributed by atoms with Crippen molar-refractivity contribution in [2.75, 3.05) is 7.11 Å². The van der Waals surface area contributed by atoms with Gasteiger partial charge in [0.05, 0.1) is 0 Å². The van der Waals surface area contributed by atoms with Gasteiger partial charge in [0.1, 0.15) is 0 Å². The van der Waals surface area contributed by atoms with E-state index in [1.807, 2.05) is 0 Å². The van der Waals surface area contributed by atoms with Crippen LogP contribution in [0.25, 0.3) is 0 Å². The summed E-state index contributed by atoms with van der Waals surface area (Å²) in [6.45, 7) is 4.24. The molecule has 0 aliphatic rings. The van der Waals surface area contributed by atoms with E-state index in [1.54, 1.807) is 13.8 Å². The molecule has 10 heavy (non-hydrogen) atoms. The van der Waals surface area contributed by atoms with Gasteiger partial charge < -0.3 is 14.9 Å². The summed E-state index contributed by atoms with van der Waals surface area (Å²) < 4.78 is 4.49. The van der Waals surface area contributed by atoms with Crippen LogP contribution in [0.2, 0.25) is 0 Å². The maximum Gasteiger partial charge on any atom is 0.300 e. The maximum atomic E-state index is 9.00. The highest BCUT2D eigenvalue weighted by Crippen LogP contribution is 1.97. The van der Waals surface area contributed by atoms with E-state index >= 15 is 0 Å². The molecular weight excluding hydrogens is 136 g/mol. The van der Waals surface area contributed by atoms with Crippen molar-refractivity contribution < 1.29 is 19.7 Å². The zero-order valence-electron chi connectivity index (χ0n) is 6.71. The Kier molecular flexibility index (Phi) is 6.29. The van der Waals surface area contributed by atoms with Crippen LogP contribution in [0.1, 0.15) is 20.8 Å². The summed E-state index contributed by atoms with van der Waals surface area (Å²) in [6.07, 6.45) is 0. The third kappa shape index (κ3) is 52.8. The minimum atomic E-state index is -0.958. The van der Waals surface area contributed by atoms with E-state index in [-0.39, 0.29) is 0 Å². The van der Waals surface area contributed by atoms with E-state index in [2.05, 4.69) is 4.74 Å². The fourth-order valence-electron chi connectivity index (χ4n) is 0. The van der Waals surface area contributed by atoms with Gasteiger partial charge in [0.2, 0.25) is 0 Å². The van der Waals surface area contributed by atoms with Gasteiger partial charge in [-0.25, -0.2) is 0 Å². The first kappa shape index (κ1) is 12.1. The van der Waals surface area contributed by atoms with E-state index in [0.717, 1.165) is 6.92 Å². The van der Waals surface area contributed by atoms with E-state index in [9.17, 15) is 0 Å². The molecule has 4 heteroatoms.